The van der Waals surface area contributed by atoms with E-state index in [2.05, 4.69) is 6.92 Å². The van der Waals surface area contributed by atoms with E-state index in [1.54, 1.807) is 6.42 Å². The van der Waals surface area contributed by atoms with Gasteiger partial charge in [-0.25, -0.2) is 0 Å². The molecule has 2 N–H and O–H groups in total. The van der Waals surface area contributed by atoms with E-state index in [1.165, 1.54) is 12.8 Å². The topological polar surface area (TPSA) is 26.0 Å². The predicted octanol–water partition coefficient (Wildman–Crippen LogP) is 1.63. The highest BCUT2D eigenvalue weighted by molar-refractivity contribution is 5.24. The monoisotopic (exact) mass is 151 g/mol. The molecule has 5 unspecified atom stereocenters. The van der Waals surface area contributed by atoms with E-state index in [1.807, 2.05) is 0 Å². The van der Waals surface area contributed by atoms with Crippen LogP contribution in [-0.2, 0) is 0 Å². The third-order valence-corrected chi connectivity index (χ3v) is 4.63. The van der Waals surface area contributed by atoms with Crippen LogP contribution in [0.3, 0.4) is 0 Å². The Kier molecular flexibility index (Phi) is 0.976. The Balaban J connectivity index is 1.79. The summed E-state index contributed by atoms with van der Waals surface area (Å²) < 4.78 is 0. The Labute approximate surface area is 68.3 Å². The van der Waals surface area contributed by atoms with Crippen molar-refractivity contribution in [2.75, 3.05) is 6.54 Å². The van der Waals surface area contributed by atoms with Crippen LogP contribution in [0.4, 0.5) is 0 Å². The maximum absolute atomic E-state index is 5.65. The molecule has 0 amide bonds. The highest BCUT2D eigenvalue weighted by atomic mass is 14.8. The fraction of sp³-hybridized carbons (Fsp3) is 1.00. The molecule has 5 atom stereocenters. The molecular formula is C10H17N. The lowest BCUT2D eigenvalue weighted by molar-refractivity contribution is -0.143. The minimum absolute atomic E-state index is 0.791. The second-order valence-electron chi connectivity index (χ2n) is 4.99. The van der Waals surface area contributed by atoms with Gasteiger partial charge < -0.3 is 5.73 Å². The third-order valence-electron chi connectivity index (χ3n) is 4.63. The molecule has 3 aliphatic carbocycles. The molecule has 0 heterocycles. The van der Waals surface area contributed by atoms with Gasteiger partial charge in [0.25, 0.3) is 0 Å². The first-order valence-corrected chi connectivity index (χ1v) is 4.99. The van der Waals surface area contributed by atoms with Gasteiger partial charge in [0.05, 0.1) is 0 Å². The van der Waals surface area contributed by atoms with Crippen molar-refractivity contribution in [3.63, 3.8) is 0 Å². The lowest BCUT2D eigenvalue weighted by atomic mass is 9.42. The summed E-state index contributed by atoms with van der Waals surface area (Å²) in [5, 5.41) is 0. The Morgan fingerprint density at radius 3 is 3.00 bits per heavy atom. The molecule has 3 saturated carbocycles. The lowest BCUT2D eigenvalue weighted by Gasteiger charge is -2.62. The third kappa shape index (κ3) is 0.516. The summed E-state index contributed by atoms with van der Waals surface area (Å²) in [4.78, 5) is 0. The molecule has 3 aliphatic rings. The van der Waals surface area contributed by atoms with Crippen LogP contribution in [-0.4, -0.2) is 6.54 Å². The highest BCUT2D eigenvalue weighted by Gasteiger charge is 2.76. The maximum atomic E-state index is 5.65. The van der Waals surface area contributed by atoms with E-state index >= 15 is 0 Å². The smallest absolute Gasteiger partial charge is 0.00718 e. The van der Waals surface area contributed by atoms with Crippen LogP contribution < -0.4 is 5.73 Å². The molecule has 1 nitrogen and oxygen atoms in total. The Morgan fingerprint density at radius 2 is 2.36 bits per heavy atom. The minimum atomic E-state index is 0.791. The molecule has 0 saturated heterocycles. The average molecular weight is 151 g/mol. The molecule has 62 valence electrons. The molecule has 0 aromatic heterocycles. The number of hydrogen-bond donors (Lipinski definition) is 1. The van der Waals surface area contributed by atoms with E-state index in [-0.39, 0.29) is 0 Å². The molecule has 0 aromatic rings. The minimum Gasteiger partial charge on any atom is -0.330 e. The summed E-state index contributed by atoms with van der Waals surface area (Å²) in [6.45, 7) is 3.35. The van der Waals surface area contributed by atoms with Crippen LogP contribution in [0.1, 0.15) is 26.2 Å². The molecule has 0 bridgehead atoms. The van der Waals surface area contributed by atoms with Gasteiger partial charge in [0.2, 0.25) is 0 Å². The van der Waals surface area contributed by atoms with Crippen molar-refractivity contribution in [1.82, 2.24) is 0 Å². The zero-order valence-corrected chi connectivity index (χ0v) is 7.22. The average Bonchev–Trinajstić information content (AvgIpc) is 2.62. The van der Waals surface area contributed by atoms with Crippen LogP contribution in [0.5, 0.6) is 0 Å². The van der Waals surface area contributed by atoms with E-state index in [0.717, 1.165) is 35.6 Å². The molecule has 0 aliphatic heterocycles. The lowest BCUT2D eigenvalue weighted by Crippen LogP contribution is -2.57. The normalized spacial score (nSPS) is 63.8. The first-order valence-electron chi connectivity index (χ1n) is 4.99. The van der Waals surface area contributed by atoms with Gasteiger partial charge in [-0.1, -0.05) is 6.92 Å². The van der Waals surface area contributed by atoms with Crippen LogP contribution in [0.25, 0.3) is 0 Å². The maximum Gasteiger partial charge on any atom is -0.00718 e. The van der Waals surface area contributed by atoms with Crippen molar-refractivity contribution in [3.8, 4) is 0 Å². The summed E-state index contributed by atoms with van der Waals surface area (Å²) in [5.74, 6) is 4.43. The highest BCUT2D eigenvalue weighted by Crippen LogP contribution is 2.82. The van der Waals surface area contributed by atoms with Gasteiger partial charge in [-0.15, -0.1) is 0 Å². The Bertz CT molecular complexity index is 195. The molecule has 0 spiro atoms. The Hall–Kier alpha value is -0.0400. The van der Waals surface area contributed by atoms with Crippen LogP contribution >= 0.6 is 0 Å². The van der Waals surface area contributed by atoms with Crippen LogP contribution in [0.2, 0.25) is 0 Å². The SMILES string of the molecule is CC1CC2(CCN)C3CC3C12. The zero-order chi connectivity index (χ0) is 7.64. The van der Waals surface area contributed by atoms with Gasteiger partial charge in [-0.05, 0) is 54.9 Å². The van der Waals surface area contributed by atoms with E-state index < -0.39 is 0 Å². The Morgan fingerprint density at radius 1 is 1.55 bits per heavy atom. The molecule has 0 aromatic carbocycles. The van der Waals surface area contributed by atoms with Crippen molar-refractivity contribution < 1.29 is 0 Å². The van der Waals surface area contributed by atoms with Crippen molar-refractivity contribution in [2.24, 2.45) is 34.8 Å². The summed E-state index contributed by atoms with van der Waals surface area (Å²) in [5.41, 5.74) is 6.44. The quantitative estimate of drug-likeness (QED) is 0.637. The molecule has 11 heavy (non-hydrogen) atoms. The van der Waals surface area contributed by atoms with Gasteiger partial charge in [0.15, 0.2) is 0 Å². The molecule has 3 rings (SSSR count). The number of fused-ring (bicyclic) bond motifs is 4. The van der Waals surface area contributed by atoms with Crippen molar-refractivity contribution in [1.29, 1.82) is 0 Å². The van der Waals surface area contributed by atoms with Crippen LogP contribution in [0.15, 0.2) is 0 Å². The molecular weight excluding hydrogens is 134 g/mol. The van der Waals surface area contributed by atoms with Crippen LogP contribution in [0, 0.1) is 29.1 Å². The largest absolute Gasteiger partial charge is 0.330 e. The second-order valence-corrected chi connectivity index (χ2v) is 4.99. The predicted molar refractivity (Wildman–Crippen MR) is 45.0 cm³/mol. The number of rotatable bonds is 2. The molecule has 3 fully saturated rings. The van der Waals surface area contributed by atoms with Crippen molar-refractivity contribution in [3.05, 3.63) is 0 Å². The van der Waals surface area contributed by atoms with Crippen molar-refractivity contribution in [2.45, 2.75) is 26.2 Å². The summed E-state index contributed by atoms with van der Waals surface area (Å²) in [7, 11) is 0. The van der Waals surface area contributed by atoms with E-state index in [9.17, 15) is 0 Å². The zero-order valence-electron chi connectivity index (χ0n) is 7.22. The fourth-order valence-electron chi connectivity index (χ4n) is 4.39. The van der Waals surface area contributed by atoms with Gasteiger partial charge in [0, 0.05) is 0 Å². The molecule has 0 radical (unpaired) electrons. The number of hydrogen-bond acceptors (Lipinski definition) is 1. The molecule has 1 heteroatoms. The van der Waals surface area contributed by atoms with Crippen molar-refractivity contribution >= 4 is 0 Å². The second kappa shape index (κ2) is 1.66. The first-order chi connectivity index (χ1) is 5.29. The van der Waals surface area contributed by atoms with E-state index in [0.29, 0.717) is 0 Å². The van der Waals surface area contributed by atoms with Gasteiger partial charge in [0.1, 0.15) is 0 Å². The summed E-state index contributed by atoms with van der Waals surface area (Å²) >= 11 is 0. The van der Waals surface area contributed by atoms with Gasteiger partial charge in [-0.2, -0.15) is 0 Å². The van der Waals surface area contributed by atoms with Gasteiger partial charge in [-0.3, -0.25) is 0 Å². The number of nitrogens with two attached hydrogens (primary N) is 1. The van der Waals surface area contributed by atoms with E-state index in [4.69, 9.17) is 5.73 Å². The summed E-state index contributed by atoms with van der Waals surface area (Å²) in [6, 6.07) is 0. The standard InChI is InChI=1S/C10H17N/c1-6-5-10(2-3-11)8-4-7(8)9(6)10/h6-9H,2-5,11H2,1H3. The summed E-state index contributed by atoms with van der Waals surface area (Å²) in [6.07, 6.45) is 4.37. The van der Waals surface area contributed by atoms with Gasteiger partial charge >= 0.3 is 0 Å². The first kappa shape index (κ1) is 6.47. The fourth-order valence-corrected chi connectivity index (χ4v) is 4.39.